The number of aryl methyl sites for hydroxylation is 1. The Bertz CT molecular complexity index is 346. The van der Waals surface area contributed by atoms with Crippen LogP contribution in [0, 0.1) is 12.8 Å². The summed E-state index contributed by atoms with van der Waals surface area (Å²) >= 11 is 0. The average molecular weight is 206 g/mol. The molecule has 1 heterocycles. The van der Waals surface area contributed by atoms with Gasteiger partial charge >= 0.3 is 0 Å². The van der Waals surface area contributed by atoms with Crippen molar-refractivity contribution in [2.45, 2.75) is 26.7 Å². The number of nitrogens with two attached hydrogens (primary N) is 1. The molecule has 4 heteroatoms. The fraction of sp³-hybridized carbons (Fsp3) is 0.636. The van der Waals surface area contributed by atoms with Crippen LogP contribution < -0.4 is 10.6 Å². The van der Waals surface area contributed by atoms with Crippen molar-refractivity contribution in [1.29, 1.82) is 0 Å². The quantitative estimate of drug-likeness (QED) is 0.813. The summed E-state index contributed by atoms with van der Waals surface area (Å²) in [5.74, 6) is 2.22. The molecule has 4 nitrogen and oxygen atoms in total. The summed E-state index contributed by atoms with van der Waals surface area (Å²) in [4.78, 5) is 10.6. The summed E-state index contributed by atoms with van der Waals surface area (Å²) in [6.45, 7) is 6.27. The van der Waals surface area contributed by atoms with Gasteiger partial charge in [-0.2, -0.15) is 4.98 Å². The van der Waals surface area contributed by atoms with E-state index in [1.165, 1.54) is 12.8 Å². The van der Waals surface area contributed by atoms with E-state index in [1.807, 2.05) is 6.92 Å². The van der Waals surface area contributed by atoms with Crippen molar-refractivity contribution < 1.29 is 0 Å². The highest BCUT2D eigenvalue weighted by Gasteiger charge is 2.25. The fourth-order valence-corrected chi connectivity index (χ4v) is 1.74. The first-order chi connectivity index (χ1) is 7.20. The summed E-state index contributed by atoms with van der Waals surface area (Å²) in [6, 6.07) is 0. The zero-order valence-corrected chi connectivity index (χ0v) is 9.40. The van der Waals surface area contributed by atoms with E-state index >= 15 is 0 Å². The predicted octanol–water partition coefficient (Wildman–Crippen LogP) is 1.60. The molecular weight excluding hydrogens is 188 g/mol. The van der Waals surface area contributed by atoms with Crippen molar-refractivity contribution >= 4 is 11.8 Å². The van der Waals surface area contributed by atoms with Crippen LogP contribution in [0.5, 0.6) is 0 Å². The number of anilines is 2. The lowest BCUT2D eigenvalue weighted by Gasteiger charge is -2.23. The van der Waals surface area contributed by atoms with Crippen molar-refractivity contribution in [2.75, 3.05) is 23.7 Å². The largest absolute Gasteiger partial charge is 0.368 e. The fourth-order valence-electron chi connectivity index (χ4n) is 1.74. The lowest BCUT2D eigenvalue weighted by Crippen LogP contribution is -2.27. The van der Waals surface area contributed by atoms with Crippen molar-refractivity contribution in [3.05, 3.63) is 11.8 Å². The molecule has 1 aromatic rings. The summed E-state index contributed by atoms with van der Waals surface area (Å²) in [6.07, 6.45) is 4.51. The van der Waals surface area contributed by atoms with E-state index in [4.69, 9.17) is 5.73 Å². The molecule has 1 saturated carbocycles. The lowest BCUT2D eigenvalue weighted by molar-refractivity contribution is 0.728. The normalized spacial score (nSPS) is 15.3. The zero-order valence-electron chi connectivity index (χ0n) is 9.40. The van der Waals surface area contributed by atoms with E-state index in [0.717, 1.165) is 30.4 Å². The van der Waals surface area contributed by atoms with Crippen LogP contribution >= 0.6 is 0 Å². The van der Waals surface area contributed by atoms with Gasteiger partial charge in [-0.3, -0.25) is 0 Å². The van der Waals surface area contributed by atoms with Crippen molar-refractivity contribution in [3.8, 4) is 0 Å². The Labute approximate surface area is 90.5 Å². The summed E-state index contributed by atoms with van der Waals surface area (Å²) in [7, 11) is 0. The van der Waals surface area contributed by atoms with E-state index < -0.39 is 0 Å². The third kappa shape index (κ3) is 2.37. The molecule has 0 aliphatic heterocycles. The molecule has 0 aromatic carbocycles. The van der Waals surface area contributed by atoms with E-state index in [-0.39, 0.29) is 0 Å². The first kappa shape index (κ1) is 10.2. The molecule has 1 aliphatic carbocycles. The molecule has 0 spiro atoms. The first-order valence-corrected chi connectivity index (χ1v) is 5.54. The Hall–Kier alpha value is -1.32. The summed E-state index contributed by atoms with van der Waals surface area (Å²) < 4.78 is 0. The van der Waals surface area contributed by atoms with Crippen LogP contribution in [0.3, 0.4) is 0 Å². The molecule has 0 atom stereocenters. The summed E-state index contributed by atoms with van der Waals surface area (Å²) in [5, 5.41) is 0. The van der Waals surface area contributed by atoms with Gasteiger partial charge in [-0.25, -0.2) is 4.98 Å². The topological polar surface area (TPSA) is 55.0 Å². The summed E-state index contributed by atoms with van der Waals surface area (Å²) in [5.41, 5.74) is 6.72. The second-order valence-electron chi connectivity index (χ2n) is 4.22. The minimum absolute atomic E-state index is 0.366. The molecule has 0 unspecified atom stereocenters. The third-order valence-electron chi connectivity index (χ3n) is 2.82. The van der Waals surface area contributed by atoms with Crippen LogP contribution in [0.2, 0.25) is 0 Å². The molecule has 1 fully saturated rings. The molecule has 1 aromatic heterocycles. The van der Waals surface area contributed by atoms with Crippen LogP contribution in [-0.2, 0) is 0 Å². The molecular formula is C11H18N4. The van der Waals surface area contributed by atoms with Crippen LogP contribution in [-0.4, -0.2) is 23.1 Å². The maximum absolute atomic E-state index is 5.62. The van der Waals surface area contributed by atoms with Gasteiger partial charge in [0.05, 0.1) is 0 Å². The highest BCUT2D eigenvalue weighted by Crippen LogP contribution is 2.31. The maximum Gasteiger partial charge on any atom is 0.221 e. The monoisotopic (exact) mass is 206 g/mol. The third-order valence-corrected chi connectivity index (χ3v) is 2.82. The van der Waals surface area contributed by atoms with E-state index in [1.54, 1.807) is 6.20 Å². The second-order valence-corrected chi connectivity index (χ2v) is 4.22. The number of rotatable bonds is 4. The van der Waals surface area contributed by atoms with E-state index in [9.17, 15) is 0 Å². The van der Waals surface area contributed by atoms with Gasteiger partial charge in [-0.1, -0.05) is 0 Å². The number of aromatic nitrogens is 2. The second kappa shape index (κ2) is 4.04. The highest BCUT2D eigenvalue weighted by molar-refractivity contribution is 5.48. The van der Waals surface area contributed by atoms with Gasteiger partial charge in [0.2, 0.25) is 5.95 Å². The van der Waals surface area contributed by atoms with Crippen molar-refractivity contribution in [3.63, 3.8) is 0 Å². The number of nitrogens with zero attached hydrogens (tertiary/aromatic N) is 3. The standard InChI is InChI=1S/C11H18N4/c1-3-15(7-9-4-5-9)10-8(2)6-13-11(12)14-10/h6,9H,3-5,7H2,1-2H3,(H2,12,13,14). The molecule has 82 valence electrons. The number of hydrogen-bond acceptors (Lipinski definition) is 4. The zero-order chi connectivity index (χ0) is 10.8. The van der Waals surface area contributed by atoms with Gasteiger partial charge in [0.25, 0.3) is 0 Å². The molecule has 0 amide bonds. The lowest BCUT2D eigenvalue weighted by atomic mass is 10.3. The molecule has 0 saturated heterocycles. The van der Waals surface area contributed by atoms with Crippen molar-refractivity contribution in [1.82, 2.24) is 9.97 Å². The highest BCUT2D eigenvalue weighted by atomic mass is 15.2. The van der Waals surface area contributed by atoms with Crippen LogP contribution in [0.4, 0.5) is 11.8 Å². The average Bonchev–Trinajstić information content (AvgIpc) is 3.02. The smallest absolute Gasteiger partial charge is 0.221 e. The molecule has 2 rings (SSSR count). The first-order valence-electron chi connectivity index (χ1n) is 5.54. The molecule has 1 aliphatic rings. The molecule has 15 heavy (non-hydrogen) atoms. The molecule has 0 bridgehead atoms. The van der Waals surface area contributed by atoms with E-state index in [2.05, 4.69) is 21.8 Å². The maximum atomic E-state index is 5.62. The molecule has 2 N–H and O–H groups in total. The Morgan fingerprint density at radius 2 is 2.27 bits per heavy atom. The van der Waals surface area contributed by atoms with Crippen LogP contribution in [0.15, 0.2) is 6.20 Å². The Morgan fingerprint density at radius 1 is 1.53 bits per heavy atom. The van der Waals surface area contributed by atoms with Gasteiger partial charge in [0.1, 0.15) is 5.82 Å². The van der Waals surface area contributed by atoms with Crippen molar-refractivity contribution in [2.24, 2.45) is 5.92 Å². The minimum atomic E-state index is 0.366. The number of hydrogen-bond donors (Lipinski definition) is 1. The van der Waals surface area contributed by atoms with Gasteiger partial charge in [0.15, 0.2) is 0 Å². The Balaban J connectivity index is 2.19. The van der Waals surface area contributed by atoms with Gasteiger partial charge in [-0.15, -0.1) is 0 Å². The van der Waals surface area contributed by atoms with Gasteiger partial charge < -0.3 is 10.6 Å². The minimum Gasteiger partial charge on any atom is -0.368 e. The Kier molecular flexibility index (Phi) is 2.75. The SMILES string of the molecule is CCN(CC1CC1)c1nc(N)ncc1C. The predicted molar refractivity (Wildman–Crippen MR) is 61.8 cm³/mol. The van der Waals surface area contributed by atoms with Crippen LogP contribution in [0.25, 0.3) is 0 Å². The van der Waals surface area contributed by atoms with Crippen LogP contribution in [0.1, 0.15) is 25.3 Å². The molecule has 0 radical (unpaired) electrons. The van der Waals surface area contributed by atoms with Gasteiger partial charge in [0, 0.05) is 24.8 Å². The Morgan fingerprint density at radius 3 is 2.87 bits per heavy atom. The number of nitrogen functional groups attached to an aromatic ring is 1. The van der Waals surface area contributed by atoms with E-state index in [0.29, 0.717) is 5.95 Å². The van der Waals surface area contributed by atoms with Gasteiger partial charge in [-0.05, 0) is 32.6 Å².